The van der Waals surface area contributed by atoms with Gasteiger partial charge in [0.25, 0.3) is 0 Å². The van der Waals surface area contributed by atoms with Crippen molar-refractivity contribution in [1.29, 1.82) is 0 Å². The van der Waals surface area contributed by atoms with Gasteiger partial charge < -0.3 is 14.2 Å². The zero-order chi connectivity index (χ0) is 45.8. The number of hydrogen-bond donors (Lipinski definition) is 0. The molecule has 0 aromatic carbocycles. The number of carbonyl (C=O) groups excluding carboxylic acids is 3. The first-order valence-corrected chi connectivity index (χ1v) is 25.7. The van der Waals surface area contributed by atoms with E-state index in [0.29, 0.717) is 19.3 Å². The molecule has 0 rings (SSSR count). The fourth-order valence-electron chi connectivity index (χ4n) is 6.73. The van der Waals surface area contributed by atoms with Crippen LogP contribution in [0.3, 0.4) is 0 Å². The molecule has 0 aliphatic rings. The summed E-state index contributed by atoms with van der Waals surface area (Å²) in [7, 11) is 0. The monoisotopic (exact) mass is 875 g/mol. The van der Waals surface area contributed by atoms with Gasteiger partial charge in [-0.3, -0.25) is 14.4 Å². The fourth-order valence-corrected chi connectivity index (χ4v) is 6.73. The Morgan fingerprint density at radius 1 is 0.333 bits per heavy atom. The molecule has 0 fully saturated rings. The molecule has 0 aliphatic heterocycles. The molecule has 0 saturated carbocycles. The zero-order valence-electron chi connectivity index (χ0n) is 40.8. The molecule has 0 saturated heterocycles. The summed E-state index contributed by atoms with van der Waals surface area (Å²) in [6.07, 6.45) is 66.7. The smallest absolute Gasteiger partial charge is 0.306 e. The van der Waals surface area contributed by atoms with E-state index in [1.165, 1.54) is 51.4 Å². The van der Waals surface area contributed by atoms with Crippen LogP contribution < -0.4 is 0 Å². The normalized spacial score (nSPS) is 12.9. The van der Waals surface area contributed by atoms with Crippen LogP contribution in [0, 0.1) is 0 Å². The van der Waals surface area contributed by atoms with Gasteiger partial charge in [0.2, 0.25) is 0 Å². The predicted molar refractivity (Wildman–Crippen MR) is 270 cm³/mol. The summed E-state index contributed by atoms with van der Waals surface area (Å²) in [6, 6.07) is 0. The first-order chi connectivity index (χ1) is 31.0. The highest BCUT2D eigenvalue weighted by molar-refractivity contribution is 5.71. The second-order valence-electron chi connectivity index (χ2n) is 16.7. The molecule has 63 heavy (non-hydrogen) atoms. The second kappa shape index (κ2) is 51.0. The molecule has 358 valence electrons. The topological polar surface area (TPSA) is 78.9 Å². The zero-order valence-corrected chi connectivity index (χ0v) is 40.8. The van der Waals surface area contributed by atoms with Crippen molar-refractivity contribution >= 4 is 17.9 Å². The van der Waals surface area contributed by atoms with Gasteiger partial charge in [-0.25, -0.2) is 0 Å². The molecule has 6 nitrogen and oxygen atoms in total. The van der Waals surface area contributed by atoms with Gasteiger partial charge in [0.15, 0.2) is 6.10 Å². The van der Waals surface area contributed by atoms with Crippen molar-refractivity contribution in [3.8, 4) is 0 Å². The van der Waals surface area contributed by atoms with Gasteiger partial charge in [-0.15, -0.1) is 0 Å². The average Bonchev–Trinajstić information content (AvgIpc) is 3.28. The Bertz CT molecular complexity index is 1280. The standard InChI is InChI=1S/C57H94O6/c1-4-7-10-13-16-19-22-25-27-28-30-32-35-38-41-44-47-50-56(59)62-53-54(52-61-55(58)49-46-43-40-37-34-31-24-21-18-15-12-9-6-3)63-57(60)51-48-45-42-39-36-33-29-26-23-20-17-14-11-8-5-2/h8-9,11-12,16-21,25-27,29,31,34,54H,4-7,10,13-15,22-24,28,30,32-33,35-53H2,1-3H3/b11-8-,12-9-,19-16-,20-17-,21-18-,27-25-,29-26-,34-31-. The maximum absolute atomic E-state index is 12.8. The molecule has 0 aliphatic carbocycles. The van der Waals surface area contributed by atoms with Gasteiger partial charge >= 0.3 is 17.9 Å². The fraction of sp³-hybridized carbons (Fsp3) is 0.667. The van der Waals surface area contributed by atoms with Gasteiger partial charge in [-0.2, -0.15) is 0 Å². The Morgan fingerprint density at radius 2 is 0.619 bits per heavy atom. The Morgan fingerprint density at radius 3 is 0.984 bits per heavy atom. The Labute approximate surface area is 387 Å². The van der Waals surface area contributed by atoms with Crippen molar-refractivity contribution in [3.05, 3.63) is 97.2 Å². The average molecular weight is 875 g/mol. The third-order valence-corrected chi connectivity index (χ3v) is 10.6. The molecule has 0 heterocycles. The highest BCUT2D eigenvalue weighted by Gasteiger charge is 2.19. The molecule has 0 N–H and O–H groups in total. The SMILES string of the molecule is CC/C=C\C/C=C\C/C=C\CCCCCCCC(=O)OC(COC(=O)CCCCC/C=C\C/C=C\C/C=C\CC)COC(=O)CCCCCCCCC/C=C\C/C=C\CCCCC. The number of rotatable bonds is 45. The first kappa shape index (κ1) is 59.3. The van der Waals surface area contributed by atoms with E-state index in [-0.39, 0.29) is 31.1 Å². The number of carbonyl (C=O) groups is 3. The minimum atomic E-state index is -0.802. The van der Waals surface area contributed by atoms with E-state index in [1.807, 2.05) is 0 Å². The van der Waals surface area contributed by atoms with Crippen molar-refractivity contribution < 1.29 is 28.6 Å². The van der Waals surface area contributed by atoms with E-state index >= 15 is 0 Å². The van der Waals surface area contributed by atoms with Crippen molar-refractivity contribution in [2.45, 2.75) is 232 Å². The molecule has 1 unspecified atom stereocenters. The largest absolute Gasteiger partial charge is 0.462 e. The molecular weight excluding hydrogens is 781 g/mol. The van der Waals surface area contributed by atoms with Gasteiger partial charge in [0, 0.05) is 19.3 Å². The summed E-state index contributed by atoms with van der Waals surface area (Å²) in [6.45, 7) is 6.33. The Balaban J connectivity index is 4.47. The van der Waals surface area contributed by atoms with Gasteiger partial charge in [-0.05, 0) is 116 Å². The van der Waals surface area contributed by atoms with Crippen LogP contribution >= 0.6 is 0 Å². The van der Waals surface area contributed by atoms with Crippen LogP contribution in [0.1, 0.15) is 226 Å². The summed E-state index contributed by atoms with van der Waals surface area (Å²) in [5.41, 5.74) is 0. The summed E-state index contributed by atoms with van der Waals surface area (Å²) in [4.78, 5) is 38.0. The molecule has 0 radical (unpaired) electrons. The first-order valence-electron chi connectivity index (χ1n) is 25.7. The third kappa shape index (κ3) is 49.2. The number of ether oxygens (including phenoxy) is 3. The lowest BCUT2D eigenvalue weighted by atomic mass is 10.1. The quantitative estimate of drug-likeness (QED) is 0.0262. The molecule has 0 aromatic heterocycles. The second-order valence-corrected chi connectivity index (χ2v) is 16.7. The Kier molecular flexibility index (Phi) is 48.0. The van der Waals surface area contributed by atoms with Crippen molar-refractivity contribution in [2.75, 3.05) is 13.2 Å². The van der Waals surface area contributed by atoms with E-state index in [9.17, 15) is 14.4 Å². The van der Waals surface area contributed by atoms with E-state index < -0.39 is 6.10 Å². The van der Waals surface area contributed by atoms with E-state index in [4.69, 9.17) is 14.2 Å². The van der Waals surface area contributed by atoms with Crippen LogP contribution in [-0.2, 0) is 28.6 Å². The van der Waals surface area contributed by atoms with Gasteiger partial charge in [0.05, 0.1) is 0 Å². The maximum Gasteiger partial charge on any atom is 0.306 e. The van der Waals surface area contributed by atoms with Crippen LogP contribution in [0.2, 0.25) is 0 Å². The van der Waals surface area contributed by atoms with Crippen LogP contribution in [0.5, 0.6) is 0 Å². The van der Waals surface area contributed by atoms with E-state index in [2.05, 4.69) is 118 Å². The van der Waals surface area contributed by atoms with E-state index in [1.54, 1.807) is 0 Å². The van der Waals surface area contributed by atoms with Crippen molar-refractivity contribution in [2.24, 2.45) is 0 Å². The van der Waals surface area contributed by atoms with Gasteiger partial charge in [-0.1, -0.05) is 189 Å². The lowest BCUT2D eigenvalue weighted by Crippen LogP contribution is -2.30. The molecule has 0 amide bonds. The molecule has 6 heteroatoms. The van der Waals surface area contributed by atoms with Crippen LogP contribution in [-0.4, -0.2) is 37.2 Å². The predicted octanol–water partition coefficient (Wildman–Crippen LogP) is 17.0. The van der Waals surface area contributed by atoms with Crippen LogP contribution in [0.25, 0.3) is 0 Å². The molecule has 1 atom stereocenters. The summed E-state index contributed by atoms with van der Waals surface area (Å²) in [5, 5.41) is 0. The van der Waals surface area contributed by atoms with E-state index in [0.717, 1.165) is 135 Å². The highest BCUT2D eigenvalue weighted by Crippen LogP contribution is 2.13. The highest BCUT2D eigenvalue weighted by atomic mass is 16.6. The van der Waals surface area contributed by atoms with Crippen molar-refractivity contribution in [1.82, 2.24) is 0 Å². The lowest BCUT2D eigenvalue weighted by Gasteiger charge is -2.18. The molecular formula is C57H94O6. The third-order valence-electron chi connectivity index (χ3n) is 10.6. The molecule has 0 spiro atoms. The molecule has 0 bridgehead atoms. The lowest BCUT2D eigenvalue weighted by molar-refractivity contribution is -0.167. The number of allylic oxidation sites excluding steroid dienone is 16. The summed E-state index contributed by atoms with van der Waals surface area (Å²) < 4.78 is 16.8. The van der Waals surface area contributed by atoms with Crippen molar-refractivity contribution in [3.63, 3.8) is 0 Å². The summed E-state index contributed by atoms with van der Waals surface area (Å²) >= 11 is 0. The Hall–Kier alpha value is -3.67. The molecule has 0 aromatic rings. The minimum absolute atomic E-state index is 0.0995. The number of hydrogen-bond acceptors (Lipinski definition) is 6. The van der Waals surface area contributed by atoms with Gasteiger partial charge in [0.1, 0.15) is 13.2 Å². The minimum Gasteiger partial charge on any atom is -0.462 e. The van der Waals surface area contributed by atoms with Crippen LogP contribution in [0.15, 0.2) is 97.2 Å². The number of unbranched alkanes of at least 4 members (excludes halogenated alkanes) is 18. The van der Waals surface area contributed by atoms with Crippen LogP contribution in [0.4, 0.5) is 0 Å². The number of esters is 3. The summed E-state index contributed by atoms with van der Waals surface area (Å²) in [5.74, 6) is -0.958. The maximum atomic E-state index is 12.8.